The van der Waals surface area contributed by atoms with Gasteiger partial charge in [-0.15, -0.1) is 0 Å². The summed E-state index contributed by atoms with van der Waals surface area (Å²) < 4.78 is 9.98. The molecule has 2 heterocycles. The summed E-state index contributed by atoms with van der Waals surface area (Å²) in [6, 6.07) is 0. The smallest absolute Gasteiger partial charge is 0.116 e. The van der Waals surface area contributed by atoms with E-state index in [0.717, 1.165) is 0 Å². The molecule has 3 unspecified atom stereocenters. The van der Waals surface area contributed by atoms with Crippen molar-refractivity contribution in [1.29, 1.82) is 0 Å². The molecule has 2 aliphatic rings. The third-order valence-electron chi connectivity index (χ3n) is 1.50. The summed E-state index contributed by atoms with van der Waals surface area (Å²) in [5.74, 6) is 0. The number of hydrogen-bond donors (Lipinski definition) is 1. The van der Waals surface area contributed by atoms with Crippen LogP contribution in [0.4, 0.5) is 0 Å². The van der Waals surface area contributed by atoms with Crippen molar-refractivity contribution >= 4 is 0 Å². The molecule has 0 amide bonds. The molecule has 3 nitrogen and oxygen atoms in total. The van der Waals surface area contributed by atoms with Crippen molar-refractivity contribution in [2.75, 3.05) is 6.61 Å². The van der Waals surface area contributed by atoms with Crippen LogP contribution in [0.2, 0.25) is 0 Å². The van der Waals surface area contributed by atoms with Crippen LogP contribution in [0.5, 0.6) is 0 Å². The van der Waals surface area contributed by atoms with E-state index in [1.54, 1.807) is 6.61 Å². The summed E-state index contributed by atoms with van der Waals surface area (Å²) in [6.45, 7) is 1.71. The highest BCUT2D eigenvalue weighted by molar-refractivity contribution is 5.02. The van der Waals surface area contributed by atoms with Crippen LogP contribution in [0.1, 0.15) is 0 Å². The average Bonchev–Trinajstić information content (AvgIpc) is 2.46. The van der Waals surface area contributed by atoms with Crippen molar-refractivity contribution in [2.24, 2.45) is 0 Å². The number of fused-ring (bicyclic) bond motifs is 1. The molecule has 0 bridgehead atoms. The van der Waals surface area contributed by atoms with Gasteiger partial charge in [0, 0.05) is 0 Å². The number of aliphatic hydroxyl groups excluding tert-OH is 1. The molecule has 1 radical (unpaired) electrons. The largest absolute Gasteiger partial charge is 0.394 e. The lowest BCUT2D eigenvalue weighted by Crippen LogP contribution is -2.18. The highest BCUT2D eigenvalue weighted by Gasteiger charge is 2.51. The number of rotatable bonds is 1. The molecule has 45 valence electrons. The van der Waals surface area contributed by atoms with Crippen molar-refractivity contribution in [3.05, 3.63) is 6.61 Å². The van der Waals surface area contributed by atoms with E-state index in [4.69, 9.17) is 14.6 Å². The molecule has 0 aliphatic carbocycles. The highest BCUT2D eigenvalue weighted by Crippen LogP contribution is 2.36. The molecule has 2 aliphatic heterocycles. The van der Waals surface area contributed by atoms with Crippen LogP contribution < -0.4 is 0 Å². The molecule has 2 rings (SSSR count). The van der Waals surface area contributed by atoms with Crippen molar-refractivity contribution in [3.63, 3.8) is 0 Å². The van der Waals surface area contributed by atoms with Crippen molar-refractivity contribution in [2.45, 2.75) is 18.3 Å². The zero-order chi connectivity index (χ0) is 5.56. The van der Waals surface area contributed by atoms with Crippen LogP contribution in [0.15, 0.2) is 0 Å². The second kappa shape index (κ2) is 1.43. The van der Waals surface area contributed by atoms with Crippen molar-refractivity contribution < 1.29 is 14.6 Å². The van der Waals surface area contributed by atoms with Gasteiger partial charge < -0.3 is 14.6 Å². The normalized spacial score (nSPS) is 51.4. The van der Waals surface area contributed by atoms with Crippen LogP contribution in [0.3, 0.4) is 0 Å². The maximum Gasteiger partial charge on any atom is 0.116 e. The molecule has 3 heteroatoms. The molecular formula is C5H7O3. The van der Waals surface area contributed by atoms with E-state index in [2.05, 4.69) is 0 Å². The van der Waals surface area contributed by atoms with Crippen LogP contribution in [0, 0.1) is 6.61 Å². The molecule has 0 aromatic rings. The SMILES string of the molecule is OCC1O[CH]C2OC21. The molecule has 0 saturated carbocycles. The summed E-state index contributed by atoms with van der Waals surface area (Å²) in [7, 11) is 0. The standard InChI is InChI=1S/C5H7O3/c6-1-3-5-4(8-5)2-7-3/h2-6H,1H2. The van der Waals surface area contributed by atoms with Crippen LogP contribution >= 0.6 is 0 Å². The zero-order valence-electron chi connectivity index (χ0n) is 4.28. The Morgan fingerprint density at radius 1 is 1.62 bits per heavy atom. The maximum atomic E-state index is 8.54. The summed E-state index contributed by atoms with van der Waals surface area (Å²) in [5, 5.41) is 8.54. The Labute approximate surface area is 47.2 Å². The minimum absolute atomic E-state index is 0.0671. The van der Waals surface area contributed by atoms with Gasteiger partial charge in [0.05, 0.1) is 6.61 Å². The lowest BCUT2D eigenvalue weighted by Gasteiger charge is -2.04. The van der Waals surface area contributed by atoms with Gasteiger partial charge in [-0.3, -0.25) is 0 Å². The van der Waals surface area contributed by atoms with Gasteiger partial charge in [0.1, 0.15) is 24.9 Å². The zero-order valence-corrected chi connectivity index (χ0v) is 4.28. The summed E-state index contributed by atoms with van der Waals surface area (Å²) in [6.07, 6.45) is 0.271. The first-order valence-corrected chi connectivity index (χ1v) is 2.67. The van der Waals surface area contributed by atoms with Gasteiger partial charge in [-0.2, -0.15) is 0 Å². The topological polar surface area (TPSA) is 42.0 Å². The Balaban J connectivity index is 1.97. The van der Waals surface area contributed by atoms with E-state index < -0.39 is 0 Å². The Morgan fingerprint density at radius 2 is 2.50 bits per heavy atom. The highest BCUT2D eigenvalue weighted by atomic mass is 16.7. The molecule has 0 aromatic heterocycles. The third kappa shape index (κ3) is 0.491. The van der Waals surface area contributed by atoms with E-state index in [1.807, 2.05) is 0 Å². The summed E-state index contributed by atoms with van der Waals surface area (Å²) in [4.78, 5) is 0. The quantitative estimate of drug-likeness (QED) is 0.460. The Morgan fingerprint density at radius 3 is 2.75 bits per heavy atom. The average molecular weight is 115 g/mol. The Hall–Kier alpha value is -0.120. The van der Waals surface area contributed by atoms with Gasteiger partial charge in [0.25, 0.3) is 0 Å². The molecule has 0 aromatic carbocycles. The van der Waals surface area contributed by atoms with E-state index in [-0.39, 0.29) is 24.9 Å². The van der Waals surface area contributed by atoms with Gasteiger partial charge in [-0.1, -0.05) is 0 Å². The van der Waals surface area contributed by atoms with Gasteiger partial charge in [0.15, 0.2) is 0 Å². The van der Waals surface area contributed by atoms with E-state index in [9.17, 15) is 0 Å². The maximum absolute atomic E-state index is 8.54. The first-order chi connectivity index (χ1) is 3.92. The molecule has 0 spiro atoms. The van der Waals surface area contributed by atoms with E-state index in [0.29, 0.717) is 0 Å². The van der Waals surface area contributed by atoms with E-state index in [1.165, 1.54) is 0 Å². The number of hydrogen-bond acceptors (Lipinski definition) is 3. The predicted octanol–water partition coefficient (Wildman–Crippen LogP) is -0.693. The number of epoxide rings is 1. The first kappa shape index (κ1) is 4.73. The van der Waals surface area contributed by atoms with Gasteiger partial charge in [-0.25, -0.2) is 0 Å². The van der Waals surface area contributed by atoms with Gasteiger partial charge in [-0.05, 0) is 0 Å². The third-order valence-corrected chi connectivity index (χ3v) is 1.50. The fourth-order valence-corrected chi connectivity index (χ4v) is 0.947. The Bertz CT molecular complexity index is 104. The number of ether oxygens (including phenoxy) is 2. The second-order valence-corrected chi connectivity index (χ2v) is 2.06. The Kier molecular flexibility index (Phi) is 0.848. The molecule has 1 N–H and O–H groups in total. The lowest BCUT2D eigenvalue weighted by molar-refractivity contribution is 0.0285. The van der Waals surface area contributed by atoms with E-state index >= 15 is 0 Å². The van der Waals surface area contributed by atoms with Crippen LogP contribution in [-0.4, -0.2) is 30.0 Å². The minimum Gasteiger partial charge on any atom is -0.394 e. The lowest BCUT2D eigenvalue weighted by atomic mass is 10.2. The fourth-order valence-electron chi connectivity index (χ4n) is 0.947. The predicted molar refractivity (Wildman–Crippen MR) is 24.9 cm³/mol. The molecule has 3 atom stereocenters. The summed E-state index contributed by atoms with van der Waals surface area (Å²) in [5.41, 5.74) is 0. The van der Waals surface area contributed by atoms with Crippen molar-refractivity contribution in [3.8, 4) is 0 Å². The summed E-state index contributed by atoms with van der Waals surface area (Å²) >= 11 is 0. The number of aliphatic hydroxyl groups is 1. The molecular weight excluding hydrogens is 108 g/mol. The molecule has 2 saturated heterocycles. The van der Waals surface area contributed by atoms with Crippen molar-refractivity contribution in [1.82, 2.24) is 0 Å². The van der Waals surface area contributed by atoms with Gasteiger partial charge in [0.2, 0.25) is 0 Å². The molecule has 2 fully saturated rings. The van der Waals surface area contributed by atoms with Gasteiger partial charge >= 0.3 is 0 Å². The molecule has 8 heavy (non-hydrogen) atoms. The first-order valence-electron chi connectivity index (χ1n) is 2.67. The van der Waals surface area contributed by atoms with Crippen LogP contribution in [-0.2, 0) is 9.47 Å². The van der Waals surface area contributed by atoms with Crippen LogP contribution in [0.25, 0.3) is 0 Å². The second-order valence-electron chi connectivity index (χ2n) is 2.06. The minimum atomic E-state index is -0.0833. The monoisotopic (exact) mass is 115 g/mol. The fraction of sp³-hybridized carbons (Fsp3) is 0.800.